The minimum Gasteiger partial charge on any atom is -0.465 e. The van der Waals surface area contributed by atoms with Gasteiger partial charge in [0.15, 0.2) is 0 Å². The quantitative estimate of drug-likeness (QED) is 0.808. The molecule has 20 heavy (non-hydrogen) atoms. The first-order chi connectivity index (χ1) is 9.70. The van der Waals surface area contributed by atoms with Crippen molar-refractivity contribution in [3.63, 3.8) is 0 Å². The molecule has 1 amide bonds. The molecule has 7 heteroatoms. The number of amides is 1. The average molecular weight is 278 g/mol. The summed E-state index contributed by atoms with van der Waals surface area (Å²) >= 11 is 0. The third-order valence-corrected chi connectivity index (χ3v) is 4.15. The molecule has 2 aliphatic rings. The maximum absolute atomic E-state index is 10.9. The molecule has 1 unspecified atom stereocenters. The largest absolute Gasteiger partial charge is 0.465 e. The molecular formula is C13H18N4O3. The van der Waals surface area contributed by atoms with E-state index in [0.717, 1.165) is 29.9 Å². The summed E-state index contributed by atoms with van der Waals surface area (Å²) in [5, 5.41) is 18.5. The second kappa shape index (κ2) is 5.24. The molecule has 0 spiro atoms. The predicted octanol–water partition coefficient (Wildman–Crippen LogP) is 0.299. The van der Waals surface area contributed by atoms with Gasteiger partial charge in [-0.15, -0.1) is 0 Å². The summed E-state index contributed by atoms with van der Waals surface area (Å²) in [7, 11) is 0. The topological polar surface area (TPSA) is 89.8 Å². The Hall–Kier alpha value is -1.89. The zero-order chi connectivity index (χ0) is 14.1. The van der Waals surface area contributed by atoms with E-state index in [1.165, 1.54) is 4.90 Å². The standard InChI is InChI=1S/C13H18N4O3/c18-7-9-1-2-10-11(9)12(15-8-14-10)16-3-5-17(6-4-16)13(19)20/h8-9,18H,1-7H2,(H,19,20). The molecule has 2 N–H and O–H groups in total. The summed E-state index contributed by atoms with van der Waals surface area (Å²) < 4.78 is 0. The number of carbonyl (C=O) groups is 1. The maximum atomic E-state index is 10.9. The highest BCUT2D eigenvalue weighted by molar-refractivity contribution is 5.65. The van der Waals surface area contributed by atoms with Crippen LogP contribution in [0.4, 0.5) is 10.6 Å². The molecule has 0 bridgehead atoms. The van der Waals surface area contributed by atoms with Gasteiger partial charge < -0.3 is 20.0 Å². The number of anilines is 1. The van der Waals surface area contributed by atoms with Gasteiger partial charge in [-0.05, 0) is 12.8 Å². The van der Waals surface area contributed by atoms with Gasteiger partial charge >= 0.3 is 6.09 Å². The molecule has 1 aromatic rings. The van der Waals surface area contributed by atoms with Crippen molar-refractivity contribution in [3.8, 4) is 0 Å². The minimum atomic E-state index is -0.870. The Morgan fingerprint density at radius 3 is 2.70 bits per heavy atom. The van der Waals surface area contributed by atoms with Gasteiger partial charge in [0.05, 0.1) is 6.61 Å². The number of carboxylic acid groups (broad SMARTS) is 1. The zero-order valence-electron chi connectivity index (χ0n) is 11.2. The van der Waals surface area contributed by atoms with E-state index in [9.17, 15) is 9.90 Å². The molecule has 1 aliphatic carbocycles. The number of aliphatic hydroxyl groups excluding tert-OH is 1. The van der Waals surface area contributed by atoms with Crippen molar-refractivity contribution < 1.29 is 15.0 Å². The van der Waals surface area contributed by atoms with Crippen molar-refractivity contribution in [2.24, 2.45) is 0 Å². The molecule has 3 rings (SSSR count). The molecule has 1 aliphatic heterocycles. The van der Waals surface area contributed by atoms with Crippen LogP contribution < -0.4 is 4.90 Å². The van der Waals surface area contributed by atoms with Crippen LogP contribution in [0.3, 0.4) is 0 Å². The van der Waals surface area contributed by atoms with Crippen LogP contribution in [0.25, 0.3) is 0 Å². The Labute approximate surface area is 116 Å². The van der Waals surface area contributed by atoms with E-state index in [-0.39, 0.29) is 12.5 Å². The lowest BCUT2D eigenvalue weighted by atomic mass is 10.0. The lowest BCUT2D eigenvalue weighted by molar-refractivity contribution is 0.142. The fourth-order valence-electron chi connectivity index (χ4n) is 3.04. The molecule has 7 nitrogen and oxygen atoms in total. The minimum absolute atomic E-state index is 0.110. The average Bonchev–Trinajstić information content (AvgIpc) is 2.90. The molecule has 1 aromatic heterocycles. The SMILES string of the molecule is O=C(O)N1CCN(c2ncnc3c2C(CO)CC3)CC1. The Bertz CT molecular complexity index is 514. The molecule has 1 atom stereocenters. The van der Waals surface area contributed by atoms with Crippen LogP contribution in [0.1, 0.15) is 23.6 Å². The van der Waals surface area contributed by atoms with E-state index in [4.69, 9.17) is 5.11 Å². The van der Waals surface area contributed by atoms with E-state index in [1.54, 1.807) is 6.33 Å². The number of piperazine rings is 1. The first kappa shape index (κ1) is 13.1. The van der Waals surface area contributed by atoms with Gasteiger partial charge in [0.25, 0.3) is 0 Å². The molecular weight excluding hydrogens is 260 g/mol. The summed E-state index contributed by atoms with van der Waals surface area (Å²) in [5.74, 6) is 0.982. The van der Waals surface area contributed by atoms with Gasteiger partial charge in [-0.25, -0.2) is 14.8 Å². The number of rotatable bonds is 2. The molecule has 1 saturated heterocycles. The zero-order valence-corrected chi connectivity index (χ0v) is 11.2. The summed E-state index contributed by atoms with van der Waals surface area (Å²) in [6.45, 7) is 2.35. The lowest BCUT2D eigenvalue weighted by Crippen LogP contribution is -2.48. The number of fused-ring (bicyclic) bond motifs is 1. The van der Waals surface area contributed by atoms with Crippen LogP contribution in [-0.2, 0) is 6.42 Å². The van der Waals surface area contributed by atoms with Gasteiger partial charge in [0.1, 0.15) is 12.1 Å². The van der Waals surface area contributed by atoms with Crippen molar-refractivity contribution in [2.75, 3.05) is 37.7 Å². The van der Waals surface area contributed by atoms with Gasteiger partial charge in [0, 0.05) is 43.4 Å². The highest BCUT2D eigenvalue weighted by Crippen LogP contribution is 2.37. The van der Waals surface area contributed by atoms with Crippen LogP contribution in [0.15, 0.2) is 6.33 Å². The second-order valence-electron chi connectivity index (χ2n) is 5.23. The first-order valence-corrected chi connectivity index (χ1v) is 6.88. The number of aromatic nitrogens is 2. The molecule has 0 aromatic carbocycles. The molecule has 2 heterocycles. The Kier molecular flexibility index (Phi) is 3.43. The predicted molar refractivity (Wildman–Crippen MR) is 72.0 cm³/mol. The van der Waals surface area contributed by atoms with Crippen LogP contribution in [0.5, 0.6) is 0 Å². The van der Waals surface area contributed by atoms with E-state index in [0.29, 0.717) is 26.2 Å². The first-order valence-electron chi connectivity index (χ1n) is 6.88. The molecule has 0 saturated carbocycles. The number of hydrogen-bond acceptors (Lipinski definition) is 5. The molecule has 108 valence electrons. The summed E-state index contributed by atoms with van der Waals surface area (Å²) in [5.41, 5.74) is 2.08. The van der Waals surface area contributed by atoms with Crippen molar-refractivity contribution in [3.05, 3.63) is 17.6 Å². The van der Waals surface area contributed by atoms with Crippen LogP contribution in [0.2, 0.25) is 0 Å². The van der Waals surface area contributed by atoms with Crippen LogP contribution >= 0.6 is 0 Å². The van der Waals surface area contributed by atoms with E-state index in [1.807, 2.05) is 0 Å². The van der Waals surface area contributed by atoms with Crippen molar-refractivity contribution in [1.82, 2.24) is 14.9 Å². The Morgan fingerprint density at radius 2 is 2.05 bits per heavy atom. The van der Waals surface area contributed by atoms with Crippen LogP contribution in [0, 0.1) is 0 Å². The van der Waals surface area contributed by atoms with Gasteiger partial charge in [-0.2, -0.15) is 0 Å². The summed E-state index contributed by atoms with van der Waals surface area (Å²) in [6, 6.07) is 0. The summed E-state index contributed by atoms with van der Waals surface area (Å²) in [4.78, 5) is 23.1. The van der Waals surface area contributed by atoms with Crippen LogP contribution in [-0.4, -0.2) is 64.0 Å². The number of hydrogen-bond donors (Lipinski definition) is 2. The highest BCUT2D eigenvalue weighted by Gasteiger charge is 2.30. The van der Waals surface area contributed by atoms with E-state index >= 15 is 0 Å². The fraction of sp³-hybridized carbons (Fsp3) is 0.615. The number of nitrogens with zero attached hydrogens (tertiary/aromatic N) is 4. The second-order valence-corrected chi connectivity index (χ2v) is 5.23. The fourth-order valence-corrected chi connectivity index (χ4v) is 3.04. The van der Waals surface area contributed by atoms with E-state index in [2.05, 4.69) is 14.9 Å². The van der Waals surface area contributed by atoms with Gasteiger partial charge in [-0.3, -0.25) is 0 Å². The third-order valence-electron chi connectivity index (χ3n) is 4.15. The maximum Gasteiger partial charge on any atom is 0.407 e. The number of aryl methyl sites for hydroxylation is 1. The van der Waals surface area contributed by atoms with Gasteiger partial charge in [-0.1, -0.05) is 0 Å². The molecule has 1 fully saturated rings. The number of aliphatic hydroxyl groups is 1. The van der Waals surface area contributed by atoms with E-state index < -0.39 is 6.09 Å². The third kappa shape index (κ3) is 2.18. The van der Waals surface area contributed by atoms with Crippen molar-refractivity contribution in [1.29, 1.82) is 0 Å². The normalized spacial score (nSPS) is 21.9. The monoisotopic (exact) mass is 278 g/mol. The Balaban J connectivity index is 1.82. The summed E-state index contributed by atoms with van der Waals surface area (Å²) in [6.07, 6.45) is 2.49. The molecule has 0 radical (unpaired) electrons. The van der Waals surface area contributed by atoms with Crippen molar-refractivity contribution in [2.45, 2.75) is 18.8 Å². The Morgan fingerprint density at radius 1 is 1.30 bits per heavy atom. The smallest absolute Gasteiger partial charge is 0.407 e. The van der Waals surface area contributed by atoms with Gasteiger partial charge in [0.2, 0.25) is 0 Å². The van der Waals surface area contributed by atoms with Crippen molar-refractivity contribution >= 4 is 11.9 Å². The lowest BCUT2D eigenvalue weighted by Gasteiger charge is -2.35. The highest BCUT2D eigenvalue weighted by atomic mass is 16.4.